The molecule has 0 bridgehead atoms. The van der Waals surface area contributed by atoms with E-state index in [-0.39, 0.29) is 12.7 Å². The van der Waals surface area contributed by atoms with E-state index in [0.29, 0.717) is 34.5 Å². The van der Waals surface area contributed by atoms with Gasteiger partial charge in [0, 0.05) is 16.8 Å². The van der Waals surface area contributed by atoms with E-state index in [2.05, 4.69) is 15.5 Å². The van der Waals surface area contributed by atoms with Gasteiger partial charge in [-0.1, -0.05) is 5.16 Å². The number of nitrogens with zero attached hydrogens (tertiary/aromatic N) is 2. The molecular formula is C17H13N3O4. The molecule has 0 atom stereocenters. The molecule has 120 valence electrons. The number of amides is 1. The minimum absolute atomic E-state index is 0.178. The molecule has 1 aliphatic heterocycles. The number of carbonyl (C=O) groups excluding carboxylic acids is 1. The topological polar surface area (TPSA) is 86.5 Å². The van der Waals surface area contributed by atoms with Crippen molar-refractivity contribution >= 4 is 11.6 Å². The minimum Gasteiger partial charge on any atom is -0.454 e. The van der Waals surface area contributed by atoms with E-state index < -0.39 is 0 Å². The SMILES string of the molecule is Cc1noc(-c2ccc(NC(=O)c3ccc4c(c3)OCO4)cc2)n1. The maximum absolute atomic E-state index is 12.3. The molecule has 3 aromatic rings. The molecule has 0 saturated carbocycles. The summed E-state index contributed by atoms with van der Waals surface area (Å²) in [5.41, 5.74) is 1.95. The summed E-state index contributed by atoms with van der Waals surface area (Å²) < 4.78 is 15.6. The molecule has 0 unspecified atom stereocenters. The Labute approximate surface area is 137 Å². The summed E-state index contributed by atoms with van der Waals surface area (Å²) in [6, 6.07) is 12.2. The van der Waals surface area contributed by atoms with Crippen LogP contribution >= 0.6 is 0 Å². The lowest BCUT2D eigenvalue weighted by atomic mass is 10.1. The average Bonchev–Trinajstić information content (AvgIpc) is 3.23. The van der Waals surface area contributed by atoms with E-state index >= 15 is 0 Å². The number of anilines is 1. The number of ether oxygens (including phenoxy) is 2. The van der Waals surface area contributed by atoms with Gasteiger partial charge in [-0.25, -0.2) is 0 Å². The van der Waals surface area contributed by atoms with E-state index in [9.17, 15) is 4.79 Å². The summed E-state index contributed by atoms with van der Waals surface area (Å²) in [7, 11) is 0. The summed E-state index contributed by atoms with van der Waals surface area (Å²) in [5, 5.41) is 6.59. The highest BCUT2D eigenvalue weighted by atomic mass is 16.7. The van der Waals surface area contributed by atoms with Gasteiger partial charge in [-0.05, 0) is 49.4 Å². The third kappa shape index (κ3) is 2.67. The molecule has 1 aromatic heterocycles. The van der Waals surface area contributed by atoms with Crippen LogP contribution in [0.15, 0.2) is 47.0 Å². The van der Waals surface area contributed by atoms with Gasteiger partial charge in [0.1, 0.15) is 0 Å². The number of fused-ring (bicyclic) bond motifs is 1. The maximum Gasteiger partial charge on any atom is 0.257 e. The van der Waals surface area contributed by atoms with Crippen LogP contribution in [-0.2, 0) is 0 Å². The van der Waals surface area contributed by atoms with Crippen molar-refractivity contribution in [2.75, 3.05) is 12.1 Å². The number of hydrogen-bond acceptors (Lipinski definition) is 6. The van der Waals surface area contributed by atoms with Gasteiger partial charge in [-0.2, -0.15) is 4.98 Å². The smallest absolute Gasteiger partial charge is 0.257 e. The van der Waals surface area contributed by atoms with Gasteiger partial charge in [0.15, 0.2) is 17.3 Å². The maximum atomic E-state index is 12.3. The number of aromatic nitrogens is 2. The molecule has 0 aliphatic carbocycles. The average molecular weight is 323 g/mol. The van der Waals surface area contributed by atoms with E-state index in [1.54, 1.807) is 37.3 Å². The number of carbonyl (C=O) groups is 1. The molecule has 0 fully saturated rings. The monoisotopic (exact) mass is 323 g/mol. The summed E-state index contributed by atoms with van der Waals surface area (Å²) in [4.78, 5) is 16.5. The van der Waals surface area contributed by atoms with Gasteiger partial charge >= 0.3 is 0 Å². The molecular weight excluding hydrogens is 310 g/mol. The van der Waals surface area contributed by atoms with Crippen molar-refractivity contribution in [1.82, 2.24) is 10.1 Å². The quantitative estimate of drug-likeness (QED) is 0.797. The molecule has 1 amide bonds. The molecule has 7 heteroatoms. The lowest BCUT2D eigenvalue weighted by molar-refractivity contribution is 0.102. The third-order valence-electron chi connectivity index (χ3n) is 3.55. The summed E-state index contributed by atoms with van der Waals surface area (Å²) in [5.74, 6) is 2.01. The van der Waals surface area contributed by atoms with Crippen molar-refractivity contribution in [2.45, 2.75) is 6.92 Å². The fourth-order valence-electron chi connectivity index (χ4n) is 2.35. The zero-order chi connectivity index (χ0) is 16.5. The van der Waals surface area contributed by atoms with E-state index in [1.165, 1.54) is 0 Å². The fourth-order valence-corrected chi connectivity index (χ4v) is 2.35. The van der Waals surface area contributed by atoms with Crippen molar-refractivity contribution < 1.29 is 18.8 Å². The Morgan fingerprint density at radius 2 is 1.88 bits per heavy atom. The van der Waals surface area contributed by atoms with Gasteiger partial charge in [0.25, 0.3) is 11.8 Å². The molecule has 0 saturated heterocycles. The Morgan fingerprint density at radius 1 is 1.08 bits per heavy atom. The Morgan fingerprint density at radius 3 is 2.62 bits per heavy atom. The predicted octanol–water partition coefficient (Wildman–Crippen LogP) is 3.03. The minimum atomic E-state index is -0.227. The summed E-state index contributed by atoms with van der Waals surface area (Å²) in [6.45, 7) is 1.93. The van der Waals surface area contributed by atoms with Gasteiger partial charge in [-0.3, -0.25) is 4.79 Å². The number of benzene rings is 2. The lowest BCUT2D eigenvalue weighted by Crippen LogP contribution is -2.11. The van der Waals surface area contributed by atoms with Crippen molar-refractivity contribution in [2.24, 2.45) is 0 Å². The van der Waals surface area contributed by atoms with E-state index in [0.717, 1.165) is 5.56 Å². The summed E-state index contributed by atoms with van der Waals surface area (Å²) in [6.07, 6.45) is 0. The van der Waals surface area contributed by atoms with Crippen LogP contribution in [0.2, 0.25) is 0 Å². The standard InChI is InChI=1S/C17H13N3O4/c1-10-18-17(24-20-10)11-2-5-13(6-3-11)19-16(21)12-4-7-14-15(8-12)23-9-22-14/h2-8H,9H2,1H3,(H,19,21). The Bertz CT molecular complexity index is 902. The molecule has 24 heavy (non-hydrogen) atoms. The molecule has 0 spiro atoms. The van der Waals surface area contributed by atoms with Crippen LogP contribution in [0.1, 0.15) is 16.2 Å². The second-order valence-corrected chi connectivity index (χ2v) is 5.25. The number of aryl methyl sites for hydroxylation is 1. The highest BCUT2D eigenvalue weighted by Gasteiger charge is 2.16. The predicted molar refractivity (Wildman–Crippen MR) is 85.0 cm³/mol. The Balaban J connectivity index is 1.49. The van der Waals surface area contributed by atoms with Crippen LogP contribution in [0.4, 0.5) is 5.69 Å². The highest BCUT2D eigenvalue weighted by Crippen LogP contribution is 2.32. The van der Waals surface area contributed by atoms with Crippen LogP contribution < -0.4 is 14.8 Å². The second kappa shape index (κ2) is 5.69. The number of rotatable bonds is 3. The van der Waals surface area contributed by atoms with Gasteiger partial charge in [0.2, 0.25) is 6.79 Å². The molecule has 2 aromatic carbocycles. The van der Waals surface area contributed by atoms with Crippen LogP contribution in [-0.4, -0.2) is 22.8 Å². The van der Waals surface area contributed by atoms with Gasteiger partial charge in [-0.15, -0.1) is 0 Å². The van der Waals surface area contributed by atoms with Crippen molar-refractivity contribution in [1.29, 1.82) is 0 Å². The van der Waals surface area contributed by atoms with Crippen LogP contribution in [0.25, 0.3) is 11.5 Å². The largest absolute Gasteiger partial charge is 0.454 e. The molecule has 0 radical (unpaired) electrons. The first-order valence-corrected chi connectivity index (χ1v) is 7.31. The Hall–Kier alpha value is -3.35. The zero-order valence-corrected chi connectivity index (χ0v) is 12.8. The first kappa shape index (κ1) is 14.3. The molecule has 1 aliphatic rings. The Kier molecular flexibility index (Phi) is 3.38. The lowest BCUT2D eigenvalue weighted by Gasteiger charge is -2.06. The molecule has 7 nitrogen and oxygen atoms in total. The summed E-state index contributed by atoms with van der Waals surface area (Å²) >= 11 is 0. The molecule has 2 heterocycles. The normalized spacial score (nSPS) is 12.2. The highest BCUT2D eigenvalue weighted by molar-refractivity contribution is 6.04. The first-order valence-electron chi connectivity index (χ1n) is 7.31. The van der Waals surface area contributed by atoms with Crippen molar-refractivity contribution in [3.63, 3.8) is 0 Å². The van der Waals surface area contributed by atoms with E-state index in [1.807, 2.05) is 12.1 Å². The first-order chi connectivity index (χ1) is 11.7. The number of nitrogens with one attached hydrogen (secondary N) is 1. The van der Waals surface area contributed by atoms with E-state index in [4.69, 9.17) is 14.0 Å². The van der Waals surface area contributed by atoms with Gasteiger partial charge in [0.05, 0.1) is 0 Å². The molecule has 1 N–H and O–H groups in total. The zero-order valence-electron chi connectivity index (χ0n) is 12.8. The van der Waals surface area contributed by atoms with Crippen LogP contribution in [0, 0.1) is 6.92 Å². The second-order valence-electron chi connectivity index (χ2n) is 5.25. The number of hydrogen-bond donors (Lipinski definition) is 1. The fraction of sp³-hybridized carbons (Fsp3) is 0.118. The van der Waals surface area contributed by atoms with Crippen LogP contribution in [0.3, 0.4) is 0 Å². The molecule has 4 rings (SSSR count). The van der Waals surface area contributed by atoms with Crippen molar-refractivity contribution in [3.05, 3.63) is 53.9 Å². The van der Waals surface area contributed by atoms with Crippen molar-refractivity contribution in [3.8, 4) is 23.0 Å². The van der Waals surface area contributed by atoms with Gasteiger partial charge < -0.3 is 19.3 Å². The van der Waals surface area contributed by atoms with Crippen LogP contribution in [0.5, 0.6) is 11.5 Å². The third-order valence-corrected chi connectivity index (χ3v) is 3.55.